The average Bonchev–Trinajstić information content (AvgIpc) is 3.40. The molecule has 2 aliphatic carbocycles. The first-order chi connectivity index (χ1) is 13.2. The summed E-state index contributed by atoms with van der Waals surface area (Å²) in [4.78, 5) is 12.8. The number of anilines is 1. The molecule has 2 atom stereocenters. The van der Waals surface area contributed by atoms with E-state index in [1.165, 1.54) is 12.1 Å². The third-order valence-electron chi connectivity index (χ3n) is 5.57. The zero-order valence-corrected chi connectivity index (χ0v) is 14.7. The maximum Gasteiger partial charge on any atom is 0.290 e. The molecule has 2 aromatic carbocycles. The van der Waals surface area contributed by atoms with Crippen LogP contribution < -0.4 is 10.9 Å². The highest BCUT2D eigenvalue weighted by atomic mass is 19.1. The monoisotopic (exact) mass is 362 g/mol. The van der Waals surface area contributed by atoms with E-state index in [4.69, 9.17) is 0 Å². The van der Waals surface area contributed by atoms with Gasteiger partial charge in [-0.2, -0.15) is 5.10 Å². The highest BCUT2D eigenvalue weighted by Crippen LogP contribution is 2.54. The van der Waals surface area contributed by atoms with Gasteiger partial charge in [-0.3, -0.25) is 15.6 Å². The highest BCUT2D eigenvalue weighted by molar-refractivity contribution is 5.95. The normalized spacial score (nSPS) is 19.7. The van der Waals surface area contributed by atoms with Crippen molar-refractivity contribution in [3.63, 3.8) is 0 Å². The minimum absolute atomic E-state index is 0.247. The number of carbonyl (C=O) groups is 1. The summed E-state index contributed by atoms with van der Waals surface area (Å²) in [5, 5.41) is 4.63. The first-order valence-electron chi connectivity index (χ1n) is 9.21. The van der Waals surface area contributed by atoms with Gasteiger partial charge >= 0.3 is 0 Å². The Kier molecular flexibility index (Phi) is 3.70. The lowest BCUT2D eigenvalue weighted by atomic mass is 9.95. The van der Waals surface area contributed by atoms with Gasteiger partial charge in [0.25, 0.3) is 5.91 Å². The van der Waals surface area contributed by atoms with E-state index in [2.05, 4.69) is 16.0 Å². The number of hydrogen-bond acceptors (Lipinski definition) is 3. The molecule has 136 valence electrons. The van der Waals surface area contributed by atoms with Crippen molar-refractivity contribution < 1.29 is 9.18 Å². The molecule has 0 radical (unpaired) electrons. The first-order valence-corrected chi connectivity index (χ1v) is 9.21. The number of para-hydroxylation sites is 1. The molecular formula is C21H19FN4O. The van der Waals surface area contributed by atoms with Gasteiger partial charge in [0.15, 0.2) is 5.69 Å². The van der Waals surface area contributed by atoms with E-state index >= 15 is 0 Å². The van der Waals surface area contributed by atoms with Gasteiger partial charge in [0.05, 0.1) is 17.1 Å². The Morgan fingerprint density at radius 1 is 1.04 bits per heavy atom. The average molecular weight is 362 g/mol. The third-order valence-corrected chi connectivity index (χ3v) is 5.57. The molecular weight excluding hydrogens is 343 g/mol. The molecule has 3 aromatic rings. The summed E-state index contributed by atoms with van der Waals surface area (Å²) in [5.74, 6) is 0.278. The smallest absolute Gasteiger partial charge is 0.290 e. The zero-order valence-electron chi connectivity index (χ0n) is 14.7. The molecule has 1 amide bonds. The van der Waals surface area contributed by atoms with Gasteiger partial charge in [-0.05, 0) is 61.6 Å². The molecule has 27 heavy (non-hydrogen) atoms. The van der Waals surface area contributed by atoms with Crippen LogP contribution in [0.1, 0.15) is 52.8 Å². The third kappa shape index (κ3) is 2.68. The summed E-state index contributed by atoms with van der Waals surface area (Å²) in [6, 6.07) is 15.7. The quantitative estimate of drug-likeness (QED) is 0.686. The molecule has 5 rings (SSSR count). The van der Waals surface area contributed by atoms with E-state index < -0.39 is 0 Å². The minimum atomic E-state index is -0.283. The van der Waals surface area contributed by atoms with Crippen LogP contribution in [0.25, 0.3) is 5.69 Å². The number of halogens is 1. The Labute approximate surface area is 156 Å². The van der Waals surface area contributed by atoms with Crippen molar-refractivity contribution in [1.29, 1.82) is 0 Å². The van der Waals surface area contributed by atoms with Crippen LogP contribution >= 0.6 is 0 Å². The van der Waals surface area contributed by atoms with E-state index in [1.54, 1.807) is 12.1 Å². The SMILES string of the molecule is O=C(NNc1ccccc1)c1nn(-c2ccc(F)cc2)c2c1[C@H]1CC[C@H]2C1. The minimum Gasteiger partial charge on any atom is -0.298 e. The van der Waals surface area contributed by atoms with E-state index in [-0.39, 0.29) is 11.7 Å². The van der Waals surface area contributed by atoms with Crippen molar-refractivity contribution in [3.8, 4) is 5.69 Å². The summed E-state index contributed by atoms with van der Waals surface area (Å²) in [6.07, 6.45) is 3.29. The number of nitrogens with one attached hydrogen (secondary N) is 2. The molecule has 6 heteroatoms. The molecule has 1 aromatic heterocycles. The van der Waals surface area contributed by atoms with Crippen molar-refractivity contribution in [3.05, 3.63) is 77.4 Å². The Morgan fingerprint density at radius 2 is 1.78 bits per heavy atom. The Morgan fingerprint density at radius 3 is 2.56 bits per heavy atom. The molecule has 2 bridgehead atoms. The van der Waals surface area contributed by atoms with Gasteiger partial charge in [0, 0.05) is 11.5 Å². The molecule has 0 spiro atoms. The van der Waals surface area contributed by atoms with E-state index in [0.717, 1.165) is 41.9 Å². The second-order valence-electron chi connectivity index (χ2n) is 7.19. The van der Waals surface area contributed by atoms with Gasteiger partial charge in [-0.25, -0.2) is 9.07 Å². The lowest BCUT2D eigenvalue weighted by molar-refractivity contribution is 0.0956. The first kappa shape index (κ1) is 16.1. The maximum absolute atomic E-state index is 13.3. The number of rotatable bonds is 4. The van der Waals surface area contributed by atoms with Gasteiger partial charge in [0.2, 0.25) is 0 Å². The molecule has 1 fully saturated rings. The van der Waals surface area contributed by atoms with Crippen LogP contribution in [0.2, 0.25) is 0 Å². The van der Waals surface area contributed by atoms with Crippen LogP contribution in [0.5, 0.6) is 0 Å². The maximum atomic E-state index is 13.3. The fourth-order valence-electron chi connectivity index (χ4n) is 4.39. The largest absolute Gasteiger partial charge is 0.298 e. The zero-order chi connectivity index (χ0) is 18.4. The second-order valence-corrected chi connectivity index (χ2v) is 7.19. The number of benzene rings is 2. The van der Waals surface area contributed by atoms with Crippen LogP contribution in [-0.4, -0.2) is 15.7 Å². The Hall–Kier alpha value is -3.15. The molecule has 5 nitrogen and oxygen atoms in total. The predicted molar refractivity (Wildman–Crippen MR) is 100 cm³/mol. The summed E-state index contributed by atoms with van der Waals surface area (Å²) in [5.41, 5.74) is 9.92. The van der Waals surface area contributed by atoms with Gasteiger partial charge < -0.3 is 0 Å². The number of hydrazine groups is 1. The second kappa shape index (κ2) is 6.23. The van der Waals surface area contributed by atoms with E-state index in [9.17, 15) is 9.18 Å². The molecule has 1 heterocycles. The number of carbonyl (C=O) groups excluding carboxylic acids is 1. The van der Waals surface area contributed by atoms with Crippen molar-refractivity contribution in [2.24, 2.45) is 0 Å². The van der Waals surface area contributed by atoms with Crippen molar-refractivity contribution in [2.45, 2.75) is 31.1 Å². The van der Waals surface area contributed by atoms with Crippen molar-refractivity contribution in [2.75, 3.05) is 5.43 Å². The molecule has 0 unspecified atom stereocenters. The fraction of sp³-hybridized carbons (Fsp3) is 0.238. The summed E-state index contributed by atoms with van der Waals surface area (Å²) in [7, 11) is 0. The number of nitrogens with zero attached hydrogens (tertiary/aromatic N) is 2. The van der Waals surface area contributed by atoms with Crippen LogP contribution in [0.15, 0.2) is 54.6 Å². The van der Waals surface area contributed by atoms with E-state index in [1.807, 2.05) is 35.0 Å². The Balaban J connectivity index is 1.50. The standard InChI is InChI=1S/C21H19FN4O/c22-15-8-10-17(11-9-15)26-20-14-7-6-13(12-14)18(20)19(25-26)21(27)24-23-16-4-2-1-3-5-16/h1-5,8-11,13-14,23H,6-7,12H2,(H,24,27)/t13-,14-/m0/s1. The number of aromatic nitrogens is 2. The molecule has 2 aliphatic rings. The Bertz CT molecular complexity index is 997. The highest BCUT2D eigenvalue weighted by Gasteiger charge is 2.44. The van der Waals surface area contributed by atoms with Crippen molar-refractivity contribution in [1.82, 2.24) is 15.2 Å². The van der Waals surface area contributed by atoms with Crippen molar-refractivity contribution >= 4 is 11.6 Å². The number of fused-ring (bicyclic) bond motifs is 5. The summed E-state index contributed by atoms with van der Waals surface area (Å²) in [6.45, 7) is 0. The lowest BCUT2D eigenvalue weighted by Crippen LogP contribution is -2.30. The van der Waals surface area contributed by atoms with Crippen LogP contribution in [0, 0.1) is 5.82 Å². The van der Waals surface area contributed by atoms with Gasteiger partial charge in [-0.15, -0.1) is 0 Å². The molecule has 0 saturated heterocycles. The summed E-state index contributed by atoms with van der Waals surface area (Å²) < 4.78 is 15.1. The summed E-state index contributed by atoms with van der Waals surface area (Å²) >= 11 is 0. The van der Waals surface area contributed by atoms with Crippen LogP contribution in [0.4, 0.5) is 10.1 Å². The van der Waals surface area contributed by atoms with Crippen LogP contribution in [0.3, 0.4) is 0 Å². The predicted octanol–water partition coefficient (Wildman–Crippen LogP) is 4.13. The molecule has 2 N–H and O–H groups in total. The topological polar surface area (TPSA) is 59.0 Å². The molecule has 0 aliphatic heterocycles. The van der Waals surface area contributed by atoms with Gasteiger partial charge in [0.1, 0.15) is 5.82 Å². The lowest BCUT2D eigenvalue weighted by Gasteiger charge is -2.14. The fourth-order valence-corrected chi connectivity index (χ4v) is 4.39. The number of hydrogen-bond donors (Lipinski definition) is 2. The van der Waals surface area contributed by atoms with Crippen LogP contribution in [-0.2, 0) is 0 Å². The van der Waals surface area contributed by atoms with E-state index in [0.29, 0.717) is 17.5 Å². The van der Waals surface area contributed by atoms with Gasteiger partial charge in [-0.1, -0.05) is 18.2 Å². The number of amides is 1. The molecule has 1 saturated carbocycles.